The van der Waals surface area contributed by atoms with Crippen molar-refractivity contribution in [1.29, 1.82) is 0 Å². The predicted molar refractivity (Wildman–Crippen MR) is 89.0 cm³/mol. The number of nitrogens with one attached hydrogen (secondary N) is 1. The highest BCUT2D eigenvalue weighted by atomic mass is 79.9. The Hall–Kier alpha value is -0.920. The van der Waals surface area contributed by atoms with Crippen LogP contribution in [0.1, 0.15) is 6.42 Å². The van der Waals surface area contributed by atoms with E-state index >= 15 is 0 Å². The topological polar surface area (TPSA) is 53.4 Å². The van der Waals surface area contributed by atoms with Gasteiger partial charge in [0.25, 0.3) is 5.56 Å². The Kier molecular flexibility index (Phi) is 5.78. The molecule has 0 aliphatic carbocycles. The van der Waals surface area contributed by atoms with Gasteiger partial charge in [-0.2, -0.15) is 5.10 Å². The van der Waals surface area contributed by atoms with Crippen LogP contribution >= 0.6 is 15.9 Å². The largest absolute Gasteiger partial charge is 0.369 e. The molecule has 7 heteroatoms. The van der Waals surface area contributed by atoms with Gasteiger partial charge >= 0.3 is 0 Å². The highest BCUT2D eigenvalue weighted by Gasteiger charge is 2.24. The van der Waals surface area contributed by atoms with Crippen LogP contribution in [0.15, 0.2) is 15.5 Å². The van der Waals surface area contributed by atoms with E-state index < -0.39 is 0 Å². The van der Waals surface area contributed by atoms with E-state index in [1.165, 1.54) is 4.68 Å². The molecular formula is C14H24BrN5O. The zero-order valence-corrected chi connectivity index (χ0v) is 14.6. The maximum atomic E-state index is 12.4. The van der Waals surface area contributed by atoms with Gasteiger partial charge in [0.1, 0.15) is 4.47 Å². The molecule has 1 aliphatic heterocycles. The molecule has 1 unspecified atom stereocenters. The molecule has 1 fully saturated rings. The number of hydrogen-bond donors (Lipinski definition) is 1. The Balaban J connectivity index is 2.12. The minimum Gasteiger partial charge on any atom is -0.369 e. The fraction of sp³-hybridized carbons (Fsp3) is 0.714. The second-order valence-corrected chi connectivity index (χ2v) is 6.63. The lowest BCUT2D eigenvalue weighted by Crippen LogP contribution is -2.31. The molecule has 1 atom stereocenters. The Bertz CT molecular complexity index is 531. The first kappa shape index (κ1) is 16.5. The molecule has 0 spiro atoms. The maximum absolute atomic E-state index is 12.4. The average molecular weight is 358 g/mol. The molecule has 1 aromatic rings. The average Bonchev–Trinajstić information content (AvgIpc) is 2.89. The molecule has 2 heterocycles. The molecule has 118 valence electrons. The van der Waals surface area contributed by atoms with Gasteiger partial charge in [-0.1, -0.05) is 0 Å². The highest BCUT2D eigenvalue weighted by Crippen LogP contribution is 2.27. The van der Waals surface area contributed by atoms with Crippen LogP contribution in [0.4, 0.5) is 5.69 Å². The van der Waals surface area contributed by atoms with Gasteiger partial charge in [0.2, 0.25) is 0 Å². The van der Waals surface area contributed by atoms with Gasteiger partial charge in [-0.25, -0.2) is 4.68 Å². The molecule has 0 bridgehead atoms. The fourth-order valence-electron chi connectivity index (χ4n) is 2.64. The summed E-state index contributed by atoms with van der Waals surface area (Å²) in [5, 5.41) is 7.54. The number of aromatic nitrogens is 2. The highest BCUT2D eigenvalue weighted by molar-refractivity contribution is 9.10. The number of likely N-dealkylation sites (N-methyl/N-ethyl adjacent to an activating group) is 1. The smallest absolute Gasteiger partial charge is 0.283 e. The molecular weight excluding hydrogens is 334 g/mol. The van der Waals surface area contributed by atoms with Crippen LogP contribution in [0.2, 0.25) is 0 Å². The SMILES string of the molecule is CNCC1CCN(c2cnn(CCN(C)C)c(=O)c2Br)C1. The summed E-state index contributed by atoms with van der Waals surface area (Å²) < 4.78 is 2.15. The minimum absolute atomic E-state index is 0.0496. The Labute approximate surface area is 134 Å². The Morgan fingerprint density at radius 1 is 1.52 bits per heavy atom. The van der Waals surface area contributed by atoms with E-state index in [-0.39, 0.29) is 5.56 Å². The predicted octanol–water partition coefficient (Wildman–Crippen LogP) is 0.613. The van der Waals surface area contributed by atoms with Crippen LogP contribution in [0.3, 0.4) is 0 Å². The quantitative estimate of drug-likeness (QED) is 0.808. The van der Waals surface area contributed by atoms with Crippen LogP contribution < -0.4 is 15.8 Å². The normalized spacial score (nSPS) is 18.7. The van der Waals surface area contributed by atoms with Crippen LogP contribution in [-0.4, -0.2) is 62.0 Å². The number of halogens is 1. The summed E-state index contributed by atoms with van der Waals surface area (Å²) in [5.74, 6) is 0.637. The third-order valence-corrected chi connectivity index (χ3v) is 4.59. The van der Waals surface area contributed by atoms with Crippen molar-refractivity contribution in [2.75, 3.05) is 52.2 Å². The molecule has 2 rings (SSSR count). The summed E-state index contributed by atoms with van der Waals surface area (Å²) in [6.45, 7) is 4.37. The zero-order chi connectivity index (χ0) is 15.4. The lowest BCUT2D eigenvalue weighted by molar-refractivity contribution is 0.367. The summed E-state index contributed by atoms with van der Waals surface area (Å²) in [7, 11) is 5.95. The number of rotatable bonds is 6. The van der Waals surface area contributed by atoms with Crippen LogP contribution in [0.25, 0.3) is 0 Å². The van der Waals surface area contributed by atoms with Crippen molar-refractivity contribution in [3.8, 4) is 0 Å². The number of nitrogens with zero attached hydrogens (tertiary/aromatic N) is 4. The van der Waals surface area contributed by atoms with Gasteiger partial charge in [-0.3, -0.25) is 4.79 Å². The zero-order valence-electron chi connectivity index (χ0n) is 13.0. The first-order valence-electron chi connectivity index (χ1n) is 7.32. The molecule has 0 amide bonds. The van der Waals surface area contributed by atoms with Crippen molar-refractivity contribution < 1.29 is 0 Å². The minimum atomic E-state index is -0.0496. The van der Waals surface area contributed by atoms with E-state index in [0.717, 1.165) is 38.3 Å². The monoisotopic (exact) mass is 357 g/mol. The Morgan fingerprint density at radius 2 is 2.29 bits per heavy atom. The van der Waals surface area contributed by atoms with Gasteiger partial charge in [-0.15, -0.1) is 0 Å². The van der Waals surface area contributed by atoms with Gasteiger partial charge in [0, 0.05) is 19.6 Å². The fourth-order valence-corrected chi connectivity index (χ4v) is 3.20. The molecule has 0 radical (unpaired) electrons. The van der Waals surface area contributed by atoms with Gasteiger partial charge in [-0.05, 0) is 56.0 Å². The van der Waals surface area contributed by atoms with E-state index in [1.807, 2.05) is 32.2 Å². The van der Waals surface area contributed by atoms with Crippen molar-refractivity contribution in [2.45, 2.75) is 13.0 Å². The molecule has 6 nitrogen and oxygen atoms in total. The molecule has 1 aliphatic rings. The molecule has 21 heavy (non-hydrogen) atoms. The number of anilines is 1. The summed E-state index contributed by atoms with van der Waals surface area (Å²) in [5.41, 5.74) is 0.867. The van der Waals surface area contributed by atoms with Crippen molar-refractivity contribution in [3.05, 3.63) is 21.0 Å². The Morgan fingerprint density at radius 3 is 2.95 bits per heavy atom. The standard InChI is InChI=1S/C14H24BrN5O/c1-16-8-11-4-5-19(10-11)12-9-17-20(7-6-18(2)3)14(21)13(12)15/h9,11,16H,4-8,10H2,1-3H3. The van der Waals surface area contributed by atoms with Gasteiger partial charge in [0.15, 0.2) is 0 Å². The van der Waals surface area contributed by atoms with Crippen LogP contribution in [-0.2, 0) is 6.54 Å². The first-order valence-corrected chi connectivity index (χ1v) is 8.12. The third-order valence-electron chi connectivity index (χ3n) is 3.84. The van der Waals surface area contributed by atoms with E-state index in [9.17, 15) is 4.79 Å². The van der Waals surface area contributed by atoms with Crippen molar-refractivity contribution in [2.24, 2.45) is 5.92 Å². The van der Waals surface area contributed by atoms with E-state index in [4.69, 9.17) is 0 Å². The molecule has 0 saturated carbocycles. The van der Waals surface area contributed by atoms with E-state index in [2.05, 4.69) is 31.2 Å². The summed E-state index contributed by atoms with van der Waals surface area (Å²) >= 11 is 3.46. The second-order valence-electron chi connectivity index (χ2n) is 5.83. The number of hydrogen-bond acceptors (Lipinski definition) is 5. The van der Waals surface area contributed by atoms with E-state index in [1.54, 1.807) is 0 Å². The summed E-state index contributed by atoms with van der Waals surface area (Å²) in [4.78, 5) is 16.6. The van der Waals surface area contributed by atoms with E-state index in [0.29, 0.717) is 16.9 Å². The van der Waals surface area contributed by atoms with Gasteiger partial charge < -0.3 is 15.1 Å². The van der Waals surface area contributed by atoms with Crippen molar-refractivity contribution in [1.82, 2.24) is 20.0 Å². The van der Waals surface area contributed by atoms with Crippen LogP contribution in [0.5, 0.6) is 0 Å². The first-order chi connectivity index (χ1) is 10.0. The maximum Gasteiger partial charge on any atom is 0.283 e. The molecule has 1 aromatic heterocycles. The molecule has 0 aromatic carbocycles. The lowest BCUT2D eigenvalue weighted by atomic mass is 10.1. The summed E-state index contributed by atoms with van der Waals surface area (Å²) in [6.07, 6.45) is 2.96. The van der Waals surface area contributed by atoms with Gasteiger partial charge in [0.05, 0.1) is 18.4 Å². The summed E-state index contributed by atoms with van der Waals surface area (Å²) in [6, 6.07) is 0. The third kappa shape index (κ3) is 4.05. The molecule has 1 N–H and O–H groups in total. The second kappa shape index (κ2) is 7.38. The molecule has 1 saturated heterocycles. The van der Waals surface area contributed by atoms with Crippen LogP contribution in [0, 0.1) is 5.92 Å². The van der Waals surface area contributed by atoms with Crippen molar-refractivity contribution in [3.63, 3.8) is 0 Å². The lowest BCUT2D eigenvalue weighted by Gasteiger charge is -2.20. The van der Waals surface area contributed by atoms with Crippen molar-refractivity contribution >= 4 is 21.6 Å².